The lowest BCUT2D eigenvalue weighted by molar-refractivity contribution is 0.169. The summed E-state index contributed by atoms with van der Waals surface area (Å²) in [6.07, 6.45) is 5.39. The lowest BCUT2D eigenvalue weighted by Crippen LogP contribution is -2.52. The van der Waals surface area contributed by atoms with Crippen LogP contribution in [-0.2, 0) is 6.54 Å². The number of piperazine rings is 1. The van der Waals surface area contributed by atoms with Gasteiger partial charge in [0.05, 0.1) is 5.69 Å². The summed E-state index contributed by atoms with van der Waals surface area (Å²) in [5, 5.41) is 7.44. The first-order valence-electron chi connectivity index (χ1n) is 9.34. The first kappa shape index (κ1) is 18.8. The van der Waals surface area contributed by atoms with Crippen molar-refractivity contribution in [3.05, 3.63) is 18.0 Å². The van der Waals surface area contributed by atoms with Crippen molar-refractivity contribution in [3.63, 3.8) is 0 Å². The van der Waals surface area contributed by atoms with Crippen LogP contribution in [0.15, 0.2) is 21.8 Å². The van der Waals surface area contributed by atoms with Gasteiger partial charge in [-0.05, 0) is 19.3 Å². The molecular weight excluding hydrogens is 302 g/mol. The first-order valence-corrected chi connectivity index (χ1v) is 9.34. The molecule has 6 nitrogen and oxygen atoms in total. The maximum Gasteiger partial charge on any atom is 0.194 e. The third kappa shape index (κ3) is 6.51. The lowest BCUT2D eigenvalue weighted by atomic mass is 10.1. The SMILES string of the molecule is CCNC(=NCCCCC(C)C)N1CCN(Cc2ccon2)CC1. The van der Waals surface area contributed by atoms with Gasteiger partial charge < -0.3 is 14.7 Å². The molecule has 6 heteroatoms. The molecule has 0 unspecified atom stereocenters. The molecule has 24 heavy (non-hydrogen) atoms. The molecule has 1 aromatic rings. The van der Waals surface area contributed by atoms with Crippen molar-refractivity contribution < 1.29 is 4.52 Å². The lowest BCUT2D eigenvalue weighted by Gasteiger charge is -2.36. The Morgan fingerprint density at radius 3 is 2.71 bits per heavy atom. The average molecular weight is 335 g/mol. The smallest absolute Gasteiger partial charge is 0.194 e. The van der Waals surface area contributed by atoms with Gasteiger partial charge >= 0.3 is 0 Å². The van der Waals surface area contributed by atoms with Crippen molar-refractivity contribution in [2.45, 2.75) is 46.6 Å². The van der Waals surface area contributed by atoms with E-state index in [1.54, 1.807) is 6.26 Å². The van der Waals surface area contributed by atoms with Crippen molar-refractivity contribution in [2.75, 3.05) is 39.3 Å². The number of aliphatic imine (C=N–C) groups is 1. The predicted molar refractivity (Wildman–Crippen MR) is 98.0 cm³/mol. The second-order valence-corrected chi connectivity index (χ2v) is 6.88. The van der Waals surface area contributed by atoms with Gasteiger partial charge in [-0.3, -0.25) is 9.89 Å². The summed E-state index contributed by atoms with van der Waals surface area (Å²) in [4.78, 5) is 9.62. The van der Waals surface area contributed by atoms with Gasteiger partial charge in [-0.2, -0.15) is 0 Å². The fourth-order valence-electron chi connectivity index (χ4n) is 2.94. The van der Waals surface area contributed by atoms with E-state index in [9.17, 15) is 0 Å². The van der Waals surface area contributed by atoms with Gasteiger partial charge in [-0.1, -0.05) is 31.8 Å². The van der Waals surface area contributed by atoms with Crippen molar-refractivity contribution in [1.29, 1.82) is 0 Å². The largest absolute Gasteiger partial charge is 0.364 e. The van der Waals surface area contributed by atoms with Crippen molar-refractivity contribution >= 4 is 5.96 Å². The van der Waals surface area contributed by atoms with E-state index >= 15 is 0 Å². The van der Waals surface area contributed by atoms with E-state index in [0.717, 1.165) is 63.4 Å². The summed E-state index contributed by atoms with van der Waals surface area (Å²) in [6.45, 7) is 13.5. The van der Waals surface area contributed by atoms with E-state index in [-0.39, 0.29) is 0 Å². The molecule has 1 fully saturated rings. The minimum absolute atomic E-state index is 0.792. The third-order valence-corrected chi connectivity index (χ3v) is 4.33. The van der Waals surface area contributed by atoms with Crippen molar-refractivity contribution in [3.8, 4) is 0 Å². The Morgan fingerprint density at radius 1 is 1.29 bits per heavy atom. The Kier molecular flexibility index (Phi) is 8.08. The molecule has 1 aromatic heterocycles. The highest BCUT2D eigenvalue weighted by Crippen LogP contribution is 2.08. The molecule has 0 saturated carbocycles. The summed E-state index contributed by atoms with van der Waals surface area (Å²) in [6, 6.07) is 1.94. The number of hydrogen-bond acceptors (Lipinski definition) is 4. The Bertz CT molecular complexity index is 464. The fraction of sp³-hybridized carbons (Fsp3) is 0.778. The zero-order valence-corrected chi connectivity index (χ0v) is 15.5. The van der Waals surface area contributed by atoms with Gasteiger partial charge in [-0.25, -0.2) is 0 Å². The normalized spacial score (nSPS) is 16.8. The van der Waals surface area contributed by atoms with Crippen LogP contribution in [0.25, 0.3) is 0 Å². The van der Waals surface area contributed by atoms with E-state index < -0.39 is 0 Å². The quantitative estimate of drug-likeness (QED) is 0.449. The number of nitrogens with one attached hydrogen (secondary N) is 1. The van der Waals surface area contributed by atoms with Gasteiger partial charge in [0.2, 0.25) is 0 Å². The highest BCUT2D eigenvalue weighted by Gasteiger charge is 2.20. The summed E-state index contributed by atoms with van der Waals surface area (Å²) in [7, 11) is 0. The second kappa shape index (κ2) is 10.3. The van der Waals surface area contributed by atoms with Crippen LogP contribution in [0.4, 0.5) is 0 Å². The molecule has 1 aliphatic heterocycles. The zero-order valence-electron chi connectivity index (χ0n) is 15.5. The van der Waals surface area contributed by atoms with Crippen LogP contribution in [0, 0.1) is 5.92 Å². The molecule has 1 N–H and O–H groups in total. The minimum atomic E-state index is 0.792. The number of guanidine groups is 1. The molecule has 0 spiro atoms. The van der Waals surface area contributed by atoms with E-state index in [4.69, 9.17) is 9.52 Å². The summed E-state index contributed by atoms with van der Waals surface area (Å²) >= 11 is 0. The minimum Gasteiger partial charge on any atom is -0.364 e. The Hall–Kier alpha value is -1.56. The number of unbranched alkanes of at least 4 members (excludes halogenated alkanes) is 1. The molecule has 0 radical (unpaired) electrons. The molecule has 1 aliphatic rings. The Labute approximate surface area is 146 Å². The average Bonchev–Trinajstić information content (AvgIpc) is 3.07. The standard InChI is InChI=1S/C18H33N5O/c1-4-19-18(20-9-6-5-7-16(2)3)23-12-10-22(11-13-23)15-17-8-14-24-21-17/h8,14,16H,4-7,9-13,15H2,1-3H3,(H,19,20). The Morgan fingerprint density at radius 2 is 2.08 bits per heavy atom. The molecule has 0 aromatic carbocycles. The van der Waals surface area contributed by atoms with E-state index in [1.807, 2.05) is 6.07 Å². The molecule has 0 amide bonds. The monoisotopic (exact) mass is 335 g/mol. The first-order chi connectivity index (χ1) is 11.7. The highest BCUT2D eigenvalue weighted by atomic mass is 16.5. The van der Waals surface area contributed by atoms with Crippen LogP contribution in [0.3, 0.4) is 0 Å². The number of rotatable bonds is 8. The molecule has 0 atom stereocenters. The molecule has 136 valence electrons. The second-order valence-electron chi connectivity index (χ2n) is 6.88. The summed E-state index contributed by atoms with van der Waals surface area (Å²) < 4.78 is 4.91. The predicted octanol–water partition coefficient (Wildman–Crippen LogP) is 2.58. The van der Waals surface area contributed by atoms with Crippen LogP contribution in [-0.4, -0.2) is 60.2 Å². The number of nitrogens with zero attached hydrogens (tertiary/aromatic N) is 4. The summed E-state index contributed by atoms with van der Waals surface area (Å²) in [5.41, 5.74) is 1.01. The molecule has 2 rings (SSSR count). The zero-order chi connectivity index (χ0) is 17.2. The molecular formula is C18H33N5O. The maximum absolute atomic E-state index is 4.91. The van der Waals surface area contributed by atoms with Crippen molar-refractivity contribution in [2.24, 2.45) is 10.9 Å². The number of aromatic nitrogens is 1. The van der Waals surface area contributed by atoms with E-state index in [0.29, 0.717) is 0 Å². The Balaban J connectivity index is 1.75. The maximum atomic E-state index is 4.91. The van der Waals surface area contributed by atoms with E-state index in [2.05, 4.69) is 41.0 Å². The van der Waals surface area contributed by atoms with Gasteiger partial charge in [0.25, 0.3) is 0 Å². The summed E-state index contributed by atoms with van der Waals surface area (Å²) in [5.74, 6) is 1.86. The van der Waals surface area contributed by atoms with Gasteiger partial charge in [0.1, 0.15) is 6.26 Å². The van der Waals surface area contributed by atoms with Gasteiger partial charge in [0.15, 0.2) is 5.96 Å². The number of hydrogen-bond donors (Lipinski definition) is 1. The van der Waals surface area contributed by atoms with Gasteiger partial charge in [-0.15, -0.1) is 0 Å². The highest BCUT2D eigenvalue weighted by molar-refractivity contribution is 5.80. The molecule has 0 aliphatic carbocycles. The van der Waals surface area contributed by atoms with Gasteiger partial charge in [0, 0.05) is 51.9 Å². The third-order valence-electron chi connectivity index (χ3n) is 4.33. The van der Waals surface area contributed by atoms with Crippen LogP contribution >= 0.6 is 0 Å². The topological polar surface area (TPSA) is 56.9 Å². The van der Waals surface area contributed by atoms with Crippen LogP contribution < -0.4 is 5.32 Å². The molecule has 1 saturated heterocycles. The van der Waals surface area contributed by atoms with Crippen LogP contribution in [0.2, 0.25) is 0 Å². The van der Waals surface area contributed by atoms with Crippen molar-refractivity contribution in [1.82, 2.24) is 20.3 Å². The molecule has 2 heterocycles. The van der Waals surface area contributed by atoms with E-state index in [1.165, 1.54) is 19.3 Å². The molecule has 0 bridgehead atoms. The van der Waals surface area contributed by atoms with Crippen LogP contribution in [0.1, 0.15) is 45.7 Å². The fourth-order valence-corrected chi connectivity index (χ4v) is 2.94. The van der Waals surface area contributed by atoms with Crippen LogP contribution in [0.5, 0.6) is 0 Å².